The molecule has 1 aromatic heterocycles. The molecule has 2 atom stereocenters. The Bertz CT molecular complexity index is 796. The van der Waals surface area contributed by atoms with E-state index in [0.29, 0.717) is 35.5 Å². The Morgan fingerprint density at radius 2 is 2.22 bits per heavy atom. The maximum atomic E-state index is 12.7. The second-order valence-corrected chi connectivity index (χ2v) is 7.54. The van der Waals surface area contributed by atoms with Gasteiger partial charge in [0.25, 0.3) is 0 Å². The van der Waals surface area contributed by atoms with Gasteiger partial charge in [-0.05, 0) is 37.0 Å². The largest absolute Gasteiger partial charge is 0.491 e. The molecule has 2 aromatic rings. The molecule has 1 saturated heterocycles. The number of β-amino-alcohol motifs (C(OH)–C–C–N with tert-alkyl or cyclic N) is 1. The van der Waals surface area contributed by atoms with Gasteiger partial charge >= 0.3 is 6.03 Å². The number of nitrogens with one attached hydrogen (secondary N) is 1. The van der Waals surface area contributed by atoms with Crippen LogP contribution in [0.4, 0.5) is 10.5 Å². The summed E-state index contributed by atoms with van der Waals surface area (Å²) < 4.78 is 7.47. The molecular formula is C18H22ClN5O3. The lowest BCUT2D eigenvalue weighted by Gasteiger charge is -2.26. The Balaban J connectivity index is 1.42. The van der Waals surface area contributed by atoms with Gasteiger partial charge in [0.05, 0.1) is 37.2 Å². The third-order valence-electron chi connectivity index (χ3n) is 5.21. The summed E-state index contributed by atoms with van der Waals surface area (Å²) in [5.74, 6) is 1.19. The Labute approximate surface area is 162 Å². The van der Waals surface area contributed by atoms with Crippen molar-refractivity contribution in [2.24, 2.45) is 5.92 Å². The quantitative estimate of drug-likeness (QED) is 0.817. The van der Waals surface area contributed by atoms with E-state index in [2.05, 4.69) is 15.6 Å². The van der Waals surface area contributed by atoms with Gasteiger partial charge in [0, 0.05) is 17.8 Å². The van der Waals surface area contributed by atoms with E-state index in [1.165, 1.54) is 19.3 Å². The fourth-order valence-corrected chi connectivity index (χ4v) is 3.55. The second-order valence-electron chi connectivity index (χ2n) is 7.10. The van der Waals surface area contributed by atoms with Crippen molar-refractivity contribution in [3.8, 4) is 5.75 Å². The summed E-state index contributed by atoms with van der Waals surface area (Å²) in [6, 6.07) is 4.57. The van der Waals surface area contributed by atoms with Gasteiger partial charge in [-0.25, -0.2) is 9.48 Å². The SMILES string of the molecule is O=C(Nc1cc(Cl)ccc1OCC1CCC1)N1C[C@@H](O)[C@H](n2ccnn2)C1. The molecule has 8 nitrogen and oxygen atoms in total. The molecule has 9 heteroatoms. The Morgan fingerprint density at radius 1 is 1.37 bits per heavy atom. The molecule has 4 rings (SSSR count). The number of aromatic nitrogens is 3. The number of nitrogens with zero attached hydrogens (tertiary/aromatic N) is 4. The minimum absolute atomic E-state index is 0.217. The molecule has 2 amide bonds. The van der Waals surface area contributed by atoms with Crippen molar-refractivity contribution < 1.29 is 14.6 Å². The highest BCUT2D eigenvalue weighted by Crippen LogP contribution is 2.32. The predicted molar refractivity (Wildman–Crippen MR) is 99.9 cm³/mol. The molecule has 2 aliphatic rings. The average Bonchev–Trinajstić information content (AvgIpc) is 3.24. The molecular weight excluding hydrogens is 370 g/mol. The summed E-state index contributed by atoms with van der Waals surface area (Å²) in [5, 5.41) is 21.3. The van der Waals surface area contributed by atoms with E-state index in [0.717, 1.165) is 0 Å². The number of hydrogen-bond donors (Lipinski definition) is 2. The summed E-state index contributed by atoms with van der Waals surface area (Å²) in [4.78, 5) is 14.3. The zero-order valence-corrected chi connectivity index (χ0v) is 15.5. The van der Waals surface area contributed by atoms with Crippen LogP contribution < -0.4 is 10.1 Å². The number of carbonyl (C=O) groups excluding carboxylic acids is 1. The highest BCUT2D eigenvalue weighted by atomic mass is 35.5. The van der Waals surface area contributed by atoms with Gasteiger partial charge in [-0.2, -0.15) is 0 Å². The number of urea groups is 1. The van der Waals surface area contributed by atoms with Crippen molar-refractivity contribution in [3.05, 3.63) is 35.6 Å². The van der Waals surface area contributed by atoms with Crippen molar-refractivity contribution in [1.29, 1.82) is 0 Å². The number of aliphatic hydroxyl groups is 1. The maximum Gasteiger partial charge on any atom is 0.322 e. The van der Waals surface area contributed by atoms with Gasteiger partial charge in [0.1, 0.15) is 5.75 Å². The summed E-state index contributed by atoms with van der Waals surface area (Å²) in [5.41, 5.74) is 0.533. The van der Waals surface area contributed by atoms with Crippen LogP contribution in [0.5, 0.6) is 5.75 Å². The Morgan fingerprint density at radius 3 is 2.93 bits per heavy atom. The minimum Gasteiger partial charge on any atom is -0.491 e. The number of halogens is 1. The molecule has 144 valence electrons. The van der Waals surface area contributed by atoms with Crippen molar-refractivity contribution >= 4 is 23.3 Å². The van der Waals surface area contributed by atoms with E-state index < -0.39 is 6.10 Å². The molecule has 1 aliphatic heterocycles. The zero-order chi connectivity index (χ0) is 18.8. The number of hydrogen-bond acceptors (Lipinski definition) is 5. The predicted octanol–water partition coefficient (Wildman–Crippen LogP) is 2.56. The van der Waals surface area contributed by atoms with Crippen LogP contribution in [0.25, 0.3) is 0 Å². The van der Waals surface area contributed by atoms with Gasteiger partial charge in [0.15, 0.2) is 0 Å². The first-order valence-corrected chi connectivity index (χ1v) is 9.50. The fraction of sp³-hybridized carbons (Fsp3) is 0.500. The van der Waals surface area contributed by atoms with Gasteiger partial charge in [-0.1, -0.05) is 23.2 Å². The first kappa shape index (κ1) is 18.1. The van der Waals surface area contributed by atoms with Gasteiger partial charge in [0.2, 0.25) is 0 Å². The molecule has 27 heavy (non-hydrogen) atoms. The minimum atomic E-state index is -0.703. The van der Waals surface area contributed by atoms with E-state index in [9.17, 15) is 9.90 Å². The monoisotopic (exact) mass is 391 g/mol. The van der Waals surface area contributed by atoms with E-state index >= 15 is 0 Å². The molecule has 0 radical (unpaired) electrons. The third kappa shape index (κ3) is 4.01. The van der Waals surface area contributed by atoms with Crippen LogP contribution in [0.2, 0.25) is 5.02 Å². The van der Waals surface area contributed by atoms with Gasteiger partial charge < -0.3 is 20.1 Å². The summed E-state index contributed by atoms with van der Waals surface area (Å²) >= 11 is 6.10. The molecule has 2 heterocycles. The fourth-order valence-electron chi connectivity index (χ4n) is 3.38. The first-order valence-electron chi connectivity index (χ1n) is 9.12. The number of benzene rings is 1. The van der Waals surface area contributed by atoms with Crippen LogP contribution in [-0.4, -0.2) is 56.8 Å². The summed E-state index contributed by atoms with van der Waals surface area (Å²) in [7, 11) is 0. The maximum absolute atomic E-state index is 12.7. The smallest absolute Gasteiger partial charge is 0.322 e. The highest BCUT2D eigenvalue weighted by Gasteiger charge is 2.36. The first-order chi connectivity index (χ1) is 13.1. The zero-order valence-electron chi connectivity index (χ0n) is 14.8. The molecule has 2 fully saturated rings. The third-order valence-corrected chi connectivity index (χ3v) is 5.44. The standard InChI is InChI=1S/C18H22ClN5O3/c19-13-4-5-17(27-11-12-2-1-3-12)14(8-13)21-18(26)23-9-15(16(25)10-23)24-7-6-20-22-24/h4-8,12,15-16,25H,1-3,9-11H2,(H,21,26)/t15-,16-/m1/s1. The number of aliphatic hydroxyl groups excluding tert-OH is 1. The lowest BCUT2D eigenvalue weighted by atomic mass is 9.86. The van der Waals surface area contributed by atoms with Crippen molar-refractivity contribution in [3.63, 3.8) is 0 Å². The van der Waals surface area contributed by atoms with Crippen LogP contribution in [0, 0.1) is 5.92 Å². The second kappa shape index (κ2) is 7.74. The Kier molecular flexibility index (Phi) is 5.18. The van der Waals surface area contributed by atoms with Gasteiger partial charge in [-0.3, -0.25) is 0 Å². The number of ether oxygens (including phenoxy) is 1. The lowest BCUT2D eigenvalue weighted by molar-refractivity contribution is 0.139. The number of rotatable bonds is 5. The number of amides is 2. The van der Waals surface area contributed by atoms with Crippen molar-refractivity contribution in [1.82, 2.24) is 19.9 Å². The lowest BCUT2D eigenvalue weighted by Crippen LogP contribution is -2.34. The van der Waals surface area contributed by atoms with Crippen LogP contribution in [0.3, 0.4) is 0 Å². The summed E-state index contributed by atoms with van der Waals surface area (Å²) in [6.45, 7) is 1.20. The Hall–Kier alpha value is -2.32. The van der Waals surface area contributed by atoms with Crippen LogP contribution in [0.1, 0.15) is 25.3 Å². The van der Waals surface area contributed by atoms with Gasteiger partial charge in [-0.15, -0.1) is 5.10 Å². The molecule has 2 N–H and O–H groups in total. The van der Waals surface area contributed by atoms with E-state index in [1.54, 1.807) is 40.2 Å². The molecule has 0 spiro atoms. The van der Waals surface area contributed by atoms with Crippen molar-refractivity contribution in [2.45, 2.75) is 31.4 Å². The number of carbonyl (C=O) groups is 1. The van der Waals surface area contributed by atoms with Crippen LogP contribution in [0.15, 0.2) is 30.6 Å². The van der Waals surface area contributed by atoms with E-state index in [4.69, 9.17) is 16.3 Å². The normalized spacial score (nSPS) is 22.5. The summed E-state index contributed by atoms with van der Waals surface area (Å²) in [6.07, 6.45) is 6.15. The van der Waals surface area contributed by atoms with E-state index in [1.807, 2.05) is 0 Å². The average molecular weight is 392 g/mol. The molecule has 1 saturated carbocycles. The molecule has 0 bridgehead atoms. The van der Waals surface area contributed by atoms with Crippen LogP contribution >= 0.6 is 11.6 Å². The molecule has 1 aliphatic carbocycles. The molecule has 0 unspecified atom stereocenters. The van der Waals surface area contributed by atoms with E-state index in [-0.39, 0.29) is 18.6 Å². The number of likely N-dealkylation sites (tertiary alicyclic amines) is 1. The van der Waals surface area contributed by atoms with Crippen molar-refractivity contribution in [2.75, 3.05) is 25.0 Å². The van der Waals surface area contributed by atoms with Crippen LogP contribution in [-0.2, 0) is 0 Å². The molecule has 1 aromatic carbocycles. The highest BCUT2D eigenvalue weighted by molar-refractivity contribution is 6.31. The topological polar surface area (TPSA) is 92.5 Å². The number of anilines is 1.